The summed E-state index contributed by atoms with van der Waals surface area (Å²) in [6.07, 6.45) is 0. The van der Waals surface area contributed by atoms with Gasteiger partial charge in [-0.3, -0.25) is 4.79 Å². The van der Waals surface area contributed by atoms with E-state index in [-0.39, 0.29) is 30.3 Å². The van der Waals surface area contributed by atoms with E-state index in [1.807, 2.05) is 25.1 Å². The highest BCUT2D eigenvalue weighted by Crippen LogP contribution is 2.24. The third kappa shape index (κ3) is 2.79. The molecule has 1 amide bonds. The Labute approximate surface area is 125 Å². The monoisotopic (exact) mass is 290 g/mol. The average Bonchev–Trinajstić information content (AvgIpc) is 2.35. The summed E-state index contributed by atoms with van der Waals surface area (Å²) in [5, 5.41) is 8.66. The van der Waals surface area contributed by atoms with Crippen LogP contribution in [0, 0.1) is 5.92 Å². The SMILES string of the molecule is CC(NC(=O)C1CNC1)c1cccc2ccccc12.Cl. The summed E-state index contributed by atoms with van der Waals surface area (Å²) in [6.45, 7) is 3.65. The van der Waals surface area contributed by atoms with Gasteiger partial charge in [0, 0.05) is 13.1 Å². The van der Waals surface area contributed by atoms with Crippen molar-refractivity contribution in [2.24, 2.45) is 5.92 Å². The van der Waals surface area contributed by atoms with Crippen molar-refractivity contribution in [3.63, 3.8) is 0 Å². The van der Waals surface area contributed by atoms with Gasteiger partial charge in [-0.1, -0.05) is 42.5 Å². The van der Waals surface area contributed by atoms with Gasteiger partial charge in [-0.25, -0.2) is 0 Å². The molecule has 106 valence electrons. The lowest BCUT2D eigenvalue weighted by atomic mass is 9.98. The second-order valence-electron chi connectivity index (χ2n) is 5.15. The van der Waals surface area contributed by atoms with Crippen molar-refractivity contribution < 1.29 is 4.79 Å². The summed E-state index contributed by atoms with van der Waals surface area (Å²) in [7, 11) is 0. The molecule has 4 heteroatoms. The van der Waals surface area contributed by atoms with Gasteiger partial charge >= 0.3 is 0 Å². The Kier molecular flexibility index (Phi) is 4.63. The van der Waals surface area contributed by atoms with Crippen molar-refractivity contribution in [3.05, 3.63) is 48.0 Å². The van der Waals surface area contributed by atoms with E-state index < -0.39 is 0 Å². The molecule has 3 nitrogen and oxygen atoms in total. The predicted octanol–water partition coefficient (Wildman–Crippen LogP) is 2.66. The fourth-order valence-corrected chi connectivity index (χ4v) is 2.51. The molecule has 0 radical (unpaired) electrons. The third-order valence-electron chi connectivity index (χ3n) is 3.80. The first-order valence-corrected chi connectivity index (χ1v) is 6.74. The van der Waals surface area contributed by atoms with Crippen molar-refractivity contribution in [1.82, 2.24) is 10.6 Å². The van der Waals surface area contributed by atoms with E-state index in [1.54, 1.807) is 0 Å². The van der Waals surface area contributed by atoms with E-state index in [1.165, 1.54) is 16.3 Å². The number of nitrogens with one attached hydrogen (secondary N) is 2. The number of hydrogen-bond donors (Lipinski definition) is 2. The van der Waals surface area contributed by atoms with Gasteiger partial charge in [-0.05, 0) is 23.3 Å². The Morgan fingerprint density at radius 1 is 1.20 bits per heavy atom. The number of halogens is 1. The zero-order chi connectivity index (χ0) is 13.2. The van der Waals surface area contributed by atoms with Crippen molar-refractivity contribution in [1.29, 1.82) is 0 Å². The summed E-state index contributed by atoms with van der Waals surface area (Å²) in [4.78, 5) is 12.0. The smallest absolute Gasteiger partial charge is 0.226 e. The van der Waals surface area contributed by atoms with E-state index in [0.29, 0.717) is 0 Å². The van der Waals surface area contributed by atoms with Crippen LogP contribution in [-0.4, -0.2) is 19.0 Å². The van der Waals surface area contributed by atoms with Crippen LogP contribution >= 0.6 is 12.4 Å². The highest BCUT2D eigenvalue weighted by Gasteiger charge is 2.26. The minimum absolute atomic E-state index is 0. The number of hydrogen-bond acceptors (Lipinski definition) is 2. The van der Waals surface area contributed by atoms with Crippen molar-refractivity contribution in [3.8, 4) is 0 Å². The van der Waals surface area contributed by atoms with Crippen LogP contribution in [-0.2, 0) is 4.79 Å². The van der Waals surface area contributed by atoms with E-state index in [4.69, 9.17) is 0 Å². The molecule has 0 aliphatic carbocycles. The molecule has 1 fully saturated rings. The second kappa shape index (κ2) is 6.25. The zero-order valence-corrected chi connectivity index (χ0v) is 12.2. The van der Waals surface area contributed by atoms with Crippen LogP contribution < -0.4 is 10.6 Å². The Hall–Kier alpha value is -1.58. The van der Waals surface area contributed by atoms with Crippen LogP contribution in [0.3, 0.4) is 0 Å². The van der Waals surface area contributed by atoms with E-state index >= 15 is 0 Å². The van der Waals surface area contributed by atoms with Gasteiger partial charge in [0.25, 0.3) is 0 Å². The fraction of sp³-hybridized carbons (Fsp3) is 0.312. The van der Waals surface area contributed by atoms with Crippen LogP contribution in [0.25, 0.3) is 10.8 Å². The van der Waals surface area contributed by atoms with Gasteiger partial charge in [0.2, 0.25) is 5.91 Å². The Bertz CT molecular complexity index is 605. The maximum absolute atomic E-state index is 12.0. The molecule has 2 aromatic rings. The molecule has 1 aliphatic rings. The summed E-state index contributed by atoms with van der Waals surface area (Å²) in [5.41, 5.74) is 1.18. The maximum atomic E-state index is 12.0. The third-order valence-corrected chi connectivity index (χ3v) is 3.80. The largest absolute Gasteiger partial charge is 0.349 e. The van der Waals surface area contributed by atoms with Crippen molar-refractivity contribution >= 4 is 29.1 Å². The van der Waals surface area contributed by atoms with Crippen LogP contribution in [0.4, 0.5) is 0 Å². The molecule has 1 atom stereocenters. The van der Waals surface area contributed by atoms with E-state index in [9.17, 15) is 4.79 Å². The molecule has 20 heavy (non-hydrogen) atoms. The average molecular weight is 291 g/mol. The van der Waals surface area contributed by atoms with Gasteiger partial charge in [0.05, 0.1) is 12.0 Å². The van der Waals surface area contributed by atoms with E-state index in [2.05, 4.69) is 34.9 Å². The first-order chi connectivity index (χ1) is 9.25. The van der Waals surface area contributed by atoms with Crippen LogP contribution in [0.5, 0.6) is 0 Å². The quantitative estimate of drug-likeness (QED) is 0.912. The lowest BCUT2D eigenvalue weighted by Gasteiger charge is -2.28. The number of carbonyl (C=O) groups excluding carboxylic acids is 1. The molecule has 0 saturated carbocycles. The first-order valence-electron chi connectivity index (χ1n) is 6.74. The molecule has 1 unspecified atom stereocenters. The molecule has 2 N–H and O–H groups in total. The van der Waals surface area contributed by atoms with E-state index in [0.717, 1.165) is 13.1 Å². The number of amides is 1. The topological polar surface area (TPSA) is 41.1 Å². The Balaban J connectivity index is 0.00000147. The minimum atomic E-state index is 0. The fourth-order valence-electron chi connectivity index (χ4n) is 2.51. The molecule has 3 rings (SSSR count). The van der Waals surface area contributed by atoms with Gasteiger partial charge in [-0.2, -0.15) is 0 Å². The normalized spacial score (nSPS) is 16.1. The van der Waals surface area contributed by atoms with Crippen molar-refractivity contribution in [2.75, 3.05) is 13.1 Å². The predicted molar refractivity (Wildman–Crippen MR) is 84.1 cm³/mol. The molecular formula is C16H19ClN2O. The molecule has 1 aliphatic heterocycles. The molecule has 0 aromatic heterocycles. The summed E-state index contributed by atoms with van der Waals surface area (Å²) in [6, 6.07) is 14.6. The summed E-state index contributed by atoms with van der Waals surface area (Å²) < 4.78 is 0. The lowest BCUT2D eigenvalue weighted by Crippen LogP contribution is -2.51. The number of fused-ring (bicyclic) bond motifs is 1. The first kappa shape index (κ1) is 14.8. The zero-order valence-electron chi connectivity index (χ0n) is 11.4. The molecule has 0 bridgehead atoms. The molecular weight excluding hydrogens is 272 g/mol. The van der Waals surface area contributed by atoms with Crippen LogP contribution in [0.2, 0.25) is 0 Å². The molecule has 0 spiro atoms. The Morgan fingerprint density at radius 2 is 1.90 bits per heavy atom. The standard InChI is InChI=1S/C16H18N2O.ClH/c1-11(18-16(19)13-9-17-10-13)14-8-4-6-12-5-2-3-7-15(12)14;/h2-8,11,13,17H,9-10H2,1H3,(H,18,19);1H. The molecule has 1 saturated heterocycles. The van der Waals surface area contributed by atoms with Crippen molar-refractivity contribution in [2.45, 2.75) is 13.0 Å². The minimum Gasteiger partial charge on any atom is -0.349 e. The van der Waals surface area contributed by atoms with Gasteiger partial charge in [0.1, 0.15) is 0 Å². The van der Waals surface area contributed by atoms with Crippen LogP contribution in [0.15, 0.2) is 42.5 Å². The Morgan fingerprint density at radius 3 is 2.60 bits per heavy atom. The lowest BCUT2D eigenvalue weighted by molar-refractivity contribution is -0.127. The highest BCUT2D eigenvalue weighted by atomic mass is 35.5. The maximum Gasteiger partial charge on any atom is 0.226 e. The number of carbonyl (C=O) groups is 1. The summed E-state index contributed by atoms with van der Waals surface area (Å²) >= 11 is 0. The second-order valence-corrected chi connectivity index (χ2v) is 5.15. The van der Waals surface area contributed by atoms with Gasteiger partial charge in [-0.15, -0.1) is 12.4 Å². The number of rotatable bonds is 3. The van der Waals surface area contributed by atoms with Gasteiger partial charge in [0.15, 0.2) is 0 Å². The highest BCUT2D eigenvalue weighted by molar-refractivity contribution is 5.87. The van der Waals surface area contributed by atoms with Crippen LogP contribution in [0.1, 0.15) is 18.5 Å². The summed E-state index contributed by atoms with van der Waals surface area (Å²) in [5.74, 6) is 0.289. The van der Waals surface area contributed by atoms with Gasteiger partial charge < -0.3 is 10.6 Å². The molecule has 1 heterocycles. The molecule has 2 aromatic carbocycles. The number of benzene rings is 2.